The number of hydrogen-bond acceptors (Lipinski definition) is 3. The lowest BCUT2D eigenvalue weighted by Crippen LogP contribution is -2.10. The fourth-order valence-electron chi connectivity index (χ4n) is 6.53. The average Bonchev–Trinajstić information content (AvgIpc) is 3.65. The first kappa shape index (κ1) is 24.2. The van der Waals surface area contributed by atoms with E-state index in [9.17, 15) is 0 Å². The van der Waals surface area contributed by atoms with E-state index in [4.69, 9.17) is 4.42 Å². The van der Waals surface area contributed by atoms with Gasteiger partial charge in [0.25, 0.3) is 0 Å². The van der Waals surface area contributed by atoms with Gasteiger partial charge in [-0.1, -0.05) is 97.1 Å². The molecule has 0 spiro atoms. The van der Waals surface area contributed by atoms with Gasteiger partial charge in [-0.15, -0.1) is 11.3 Å². The highest BCUT2D eigenvalue weighted by atomic mass is 32.1. The molecule has 0 N–H and O–H groups in total. The summed E-state index contributed by atoms with van der Waals surface area (Å²) in [5, 5.41) is 7.26. The van der Waals surface area contributed by atoms with Gasteiger partial charge in [0.05, 0.1) is 5.69 Å². The molecule has 0 atom stereocenters. The highest BCUT2D eigenvalue weighted by Crippen LogP contribution is 2.47. The van der Waals surface area contributed by atoms with Gasteiger partial charge in [-0.3, -0.25) is 0 Å². The highest BCUT2D eigenvalue weighted by Gasteiger charge is 2.21. The van der Waals surface area contributed by atoms with E-state index in [-0.39, 0.29) is 0 Å². The predicted octanol–water partition coefficient (Wildman–Crippen LogP) is 12.2. The van der Waals surface area contributed by atoms with Crippen molar-refractivity contribution in [3.63, 3.8) is 0 Å². The van der Waals surface area contributed by atoms with Gasteiger partial charge in [-0.2, -0.15) is 0 Å². The second-order valence-corrected chi connectivity index (χ2v) is 12.0. The molecule has 0 amide bonds. The van der Waals surface area contributed by atoms with Gasteiger partial charge in [-0.25, -0.2) is 0 Å². The molecular weight excluding hydrogens is 543 g/mol. The van der Waals surface area contributed by atoms with E-state index in [2.05, 4.69) is 157 Å². The van der Waals surface area contributed by atoms with Crippen LogP contribution in [0, 0.1) is 0 Å². The van der Waals surface area contributed by atoms with E-state index < -0.39 is 0 Å². The van der Waals surface area contributed by atoms with Crippen molar-refractivity contribution in [3.8, 4) is 11.1 Å². The molecule has 9 rings (SSSR count). The van der Waals surface area contributed by atoms with Crippen LogP contribution in [0.3, 0.4) is 0 Å². The smallest absolute Gasteiger partial charge is 0.143 e. The minimum atomic E-state index is 0.879. The summed E-state index contributed by atoms with van der Waals surface area (Å²) in [6.07, 6.45) is 0. The number of benzene rings is 7. The summed E-state index contributed by atoms with van der Waals surface area (Å²) in [7, 11) is 0. The van der Waals surface area contributed by atoms with Crippen LogP contribution in [0.2, 0.25) is 0 Å². The summed E-state index contributed by atoms with van der Waals surface area (Å²) in [4.78, 5) is 2.37. The Bertz CT molecular complexity index is 2460. The van der Waals surface area contributed by atoms with Gasteiger partial charge in [-0.05, 0) is 64.9 Å². The molecule has 2 nitrogen and oxygen atoms in total. The number of anilines is 3. The molecule has 2 aromatic heterocycles. The van der Waals surface area contributed by atoms with Crippen molar-refractivity contribution in [1.29, 1.82) is 0 Å². The van der Waals surface area contributed by atoms with Gasteiger partial charge in [0, 0.05) is 53.9 Å². The van der Waals surface area contributed by atoms with Crippen molar-refractivity contribution in [2.75, 3.05) is 4.90 Å². The molecule has 0 bridgehead atoms. The first-order chi connectivity index (χ1) is 21.3. The molecule has 2 heterocycles. The number of para-hydroxylation sites is 1. The second-order valence-electron chi connectivity index (χ2n) is 10.9. The third-order valence-corrected chi connectivity index (χ3v) is 9.56. The molecule has 202 valence electrons. The lowest BCUT2D eigenvalue weighted by Gasteiger charge is -2.26. The van der Waals surface area contributed by atoms with Crippen LogP contribution in [0.1, 0.15) is 0 Å². The Labute approximate surface area is 252 Å². The summed E-state index contributed by atoms with van der Waals surface area (Å²) >= 11 is 1.84. The minimum Gasteiger partial charge on any atom is -0.455 e. The van der Waals surface area contributed by atoms with Crippen LogP contribution < -0.4 is 4.90 Å². The Kier molecular flexibility index (Phi) is 5.40. The standard InChI is InChI=1S/C40H25NOS/c1-3-12-26(13-4-1)33-24-27-14-7-8-17-30(27)38-31-23-22-29(25-35(31)42-40(33)38)41(28-15-5-2-6-16-28)34-19-11-21-37-39(34)32-18-9-10-20-36(32)43-37/h1-25H. The van der Waals surface area contributed by atoms with Crippen molar-refractivity contribution < 1.29 is 4.42 Å². The Morgan fingerprint density at radius 2 is 1.21 bits per heavy atom. The van der Waals surface area contributed by atoms with Gasteiger partial charge in [0.1, 0.15) is 11.2 Å². The Morgan fingerprint density at radius 1 is 0.488 bits per heavy atom. The summed E-state index contributed by atoms with van der Waals surface area (Å²) in [5.41, 5.74) is 7.40. The van der Waals surface area contributed by atoms with E-state index in [0.29, 0.717) is 0 Å². The number of rotatable bonds is 4. The zero-order valence-electron chi connectivity index (χ0n) is 23.2. The maximum absolute atomic E-state index is 6.83. The molecule has 0 radical (unpaired) electrons. The van der Waals surface area contributed by atoms with Crippen LogP contribution in [-0.4, -0.2) is 0 Å². The van der Waals surface area contributed by atoms with Gasteiger partial charge < -0.3 is 9.32 Å². The molecule has 0 aliphatic carbocycles. The third-order valence-electron chi connectivity index (χ3n) is 8.43. The monoisotopic (exact) mass is 567 g/mol. The molecule has 7 aromatic carbocycles. The summed E-state index contributed by atoms with van der Waals surface area (Å²) < 4.78 is 9.40. The number of nitrogens with zero attached hydrogens (tertiary/aromatic N) is 1. The summed E-state index contributed by atoms with van der Waals surface area (Å²) in [6, 6.07) is 54.1. The van der Waals surface area contributed by atoms with Crippen LogP contribution in [0.4, 0.5) is 17.1 Å². The molecule has 0 aliphatic heterocycles. The molecule has 43 heavy (non-hydrogen) atoms. The van der Waals surface area contributed by atoms with E-state index in [1.165, 1.54) is 30.9 Å². The van der Waals surface area contributed by atoms with Crippen LogP contribution in [0.5, 0.6) is 0 Å². The molecule has 0 saturated carbocycles. The number of fused-ring (bicyclic) bond motifs is 8. The summed E-state index contributed by atoms with van der Waals surface area (Å²) in [5.74, 6) is 0. The van der Waals surface area contributed by atoms with Gasteiger partial charge in [0.15, 0.2) is 0 Å². The van der Waals surface area contributed by atoms with E-state index in [1.54, 1.807) is 0 Å². The Hall–Kier alpha value is -5.38. The lowest BCUT2D eigenvalue weighted by atomic mass is 9.96. The fourth-order valence-corrected chi connectivity index (χ4v) is 7.66. The molecule has 0 saturated heterocycles. The first-order valence-electron chi connectivity index (χ1n) is 14.5. The third kappa shape index (κ3) is 3.79. The zero-order valence-corrected chi connectivity index (χ0v) is 24.0. The van der Waals surface area contributed by atoms with Crippen LogP contribution in [0.15, 0.2) is 156 Å². The topological polar surface area (TPSA) is 16.4 Å². The van der Waals surface area contributed by atoms with Crippen LogP contribution >= 0.6 is 11.3 Å². The van der Waals surface area contributed by atoms with Gasteiger partial charge in [0.2, 0.25) is 0 Å². The van der Waals surface area contributed by atoms with Crippen LogP contribution in [0.25, 0.3) is 64.0 Å². The SMILES string of the molecule is c1ccc(-c2cc3ccccc3c3c2oc2cc(N(c4ccccc4)c4cccc5sc6ccccc6c45)ccc23)cc1. The molecule has 0 unspecified atom stereocenters. The lowest BCUT2D eigenvalue weighted by molar-refractivity contribution is 0.670. The van der Waals surface area contributed by atoms with Gasteiger partial charge >= 0.3 is 0 Å². The maximum Gasteiger partial charge on any atom is 0.143 e. The largest absolute Gasteiger partial charge is 0.455 e. The van der Waals surface area contributed by atoms with Crippen molar-refractivity contribution in [1.82, 2.24) is 0 Å². The van der Waals surface area contributed by atoms with E-state index >= 15 is 0 Å². The molecule has 3 heteroatoms. The highest BCUT2D eigenvalue weighted by molar-refractivity contribution is 7.26. The second kappa shape index (κ2) is 9.59. The first-order valence-corrected chi connectivity index (χ1v) is 15.3. The number of thiophene rings is 1. The fraction of sp³-hybridized carbons (Fsp3) is 0. The van der Waals surface area contributed by atoms with Crippen molar-refractivity contribution in [2.24, 2.45) is 0 Å². The Morgan fingerprint density at radius 3 is 2.07 bits per heavy atom. The maximum atomic E-state index is 6.83. The van der Waals surface area contributed by atoms with Crippen molar-refractivity contribution >= 4 is 81.3 Å². The van der Waals surface area contributed by atoms with Crippen LogP contribution in [-0.2, 0) is 0 Å². The van der Waals surface area contributed by atoms with E-state index in [0.717, 1.165) is 50.1 Å². The number of hydrogen-bond donors (Lipinski definition) is 0. The molecular formula is C40H25NOS. The predicted molar refractivity (Wildman–Crippen MR) is 184 cm³/mol. The average molecular weight is 568 g/mol. The quantitative estimate of drug-likeness (QED) is 0.210. The van der Waals surface area contributed by atoms with Crippen molar-refractivity contribution in [3.05, 3.63) is 152 Å². The van der Waals surface area contributed by atoms with Crippen molar-refractivity contribution in [2.45, 2.75) is 0 Å². The summed E-state index contributed by atoms with van der Waals surface area (Å²) in [6.45, 7) is 0. The number of furan rings is 1. The van der Waals surface area contributed by atoms with E-state index in [1.807, 2.05) is 11.3 Å². The molecule has 9 aromatic rings. The minimum absolute atomic E-state index is 0.879. The molecule has 0 fully saturated rings. The Balaban J connectivity index is 1.33. The zero-order chi connectivity index (χ0) is 28.3. The normalized spacial score (nSPS) is 11.7. The molecule has 0 aliphatic rings.